The molecule has 32 heavy (non-hydrogen) atoms. The van der Waals surface area contributed by atoms with E-state index in [1.807, 2.05) is 13.8 Å². The van der Waals surface area contributed by atoms with E-state index >= 15 is 0 Å². The molecule has 0 radical (unpaired) electrons. The molecule has 0 aromatic heterocycles. The third-order valence-electron chi connectivity index (χ3n) is 5.28. The van der Waals surface area contributed by atoms with Crippen molar-refractivity contribution in [2.45, 2.75) is 31.9 Å². The van der Waals surface area contributed by atoms with Crippen molar-refractivity contribution in [2.24, 2.45) is 10.1 Å². The summed E-state index contributed by atoms with van der Waals surface area (Å²) in [7, 11) is 0. The van der Waals surface area contributed by atoms with Crippen molar-refractivity contribution in [1.29, 1.82) is 0 Å². The molecule has 1 atom stereocenters. The highest BCUT2D eigenvalue weighted by Gasteiger charge is 2.58. The highest BCUT2D eigenvalue weighted by atomic mass is 35.5. The third kappa shape index (κ3) is 5.24. The number of benzene rings is 2. The lowest BCUT2D eigenvalue weighted by atomic mass is 9.76. The molecule has 170 valence electrons. The second kappa shape index (κ2) is 9.77. The molecule has 10 heteroatoms. The summed E-state index contributed by atoms with van der Waals surface area (Å²) in [6, 6.07) is 9.38. The SMILES string of the molecule is CCNC(=S)N/N=C/c1ccc(C2=NCC(c3cc(Cl)cc(Cl)c3)(C(F)(F)F)C2)cc1C. The van der Waals surface area contributed by atoms with E-state index in [0.29, 0.717) is 22.9 Å². The number of hydrogen-bond acceptors (Lipinski definition) is 3. The normalized spacial score (nSPS) is 18.7. The standard InChI is InChI=1S/C22H21Cl2F3N4S/c1-3-28-20(32)31-30-11-15-5-4-14(6-13(15)2)19-10-21(12-29-19,22(25,26)27)16-7-17(23)9-18(24)8-16/h4-9,11H,3,10,12H2,1-2H3,(H2,28,31,32)/b30-11+. The van der Waals surface area contributed by atoms with Crippen molar-refractivity contribution < 1.29 is 13.2 Å². The monoisotopic (exact) mass is 500 g/mol. The van der Waals surface area contributed by atoms with Gasteiger partial charge < -0.3 is 5.32 Å². The van der Waals surface area contributed by atoms with Crippen LogP contribution in [0.4, 0.5) is 13.2 Å². The fourth-order valence-corrected chi connectivity index (χ4v) is 4.28. The lowest BCUT2D eigenvalue weighted by Crippen LogP contribution is -2.43. The van der Waals surface area contributed by atoms with Gasteiger partial charge in [-0.3, -0.25) is 10.4 Å². The Kier molecular flexibility index (Phi) is 7.47. The van der Waals surface area contributed by atoms with Crippen molar-refractivity contribution in [3.63, 3.8) is 0 Å². The van der Waals surface area contributed by atoms with E-state index < -0.39 is 18.1 Å². The van der Waals surface area contributed by atoms with Gasteiger partial charge >= 0.3 is 6.18 Å². The molecule has 2 aromatic carbocycles. The molecule has 0 saturated carbocycles. The molecule has 4 nitrogen and oxygen atoms in total. The topological polar surface area (TPSA) is 48.8 Å². The first kappa shape index (κ1) is 24.5. The van der Waals surface area contributed by atoms with E-state index in [9.17, 15) is 13.2 Å². The van der Waals surface area contributed by atoms with Crippen molar-refractivity contribution >= 4 is 52.5 Å². The predicted octanol–water partition coefficient (Wildman–Crippen LogP) is 5.81. The third-order valence-corrected chi connectivity index (χ3v) is 5.95. The Bertz CT molecular complexity index is 1070. The van der Waals surface area contributed by atoms with Gasteiger partial charge in [0.2, 0.25) is 0 Å². The van der Waals surface area contributed by atoms with Crippen LogP contribution in [0.2, 0.25) is 10.0 Å². The lowest BCUT2D eigenvalue weighted by molar-refractivity contribution is -0.183. The molecule has 0 fully saturated rings. The highest BCUT2D eigenvalue weighted by molar-refractivity contribution is 7.80. The quantitative estimate of drug-likeness (QED) is 0.309. The maximum absolute atomic E-state index is 14.3. The summed E-state index contributed by atoms with van der Waals surface area (Å²) in [5.74, 6) is 0. The van der Waals surface area contributed by atoms with E-state index in [1.165, 1.54) is 18.2 Å². The molecular weight excluding hydrogens is 480 g/mol. The Balaban J connectivity index is 1.84. The summed E-state index contributed by atoms with van der Waals surface area (Å²) < 4.78 is 42.8. The van der Waals surface area contributed by atoms with Gasteiger partial charge in [0.05, 0.1) is 12.8 Å². The van der Waals surface area contributed by atoms with E-state index in [-0.39, 0.29) is 22.0 Å². The number of halogens is 5. The van der Waals surface area contributed by atoms with Crippen LogP contribution in [0.15, 0.2) is 46.5 Å². The molecule has 3 rings (SSSR count). The minimum atomic E-state index is -4.52. The number of hydrogen-bond donors (Lipinski definition) is 2. The van der Waals surface area contributed by atoms with Gasteiger partial charge in [-0.05, 0) is 72.6 Å². The average Bonchev–Trinajstić information content (AvgIpc) is 3.15. The molecule has 0 bridgehead atoms. The Morgan fingerprint density at radius 3 is 2.50 bits per heavy atom. The first-order valence-corrected chi connectivity index (χ1v) is 11.0. The van der Waals surface area contributed by atoms with E-state index in [2.05, 4.69) is 20.8 Å². The Hall–Kier alpha value is -2.16. The summed E-state index contributed by atoms with van der Waals surface area (Å²) in [5.41, 5.74) is 3.23. The van der Waals surface area contributed by atoms with E-state index in [4.69, 9.17) is 35.4 Å². The summed E-state index contributed by atoms with van der Waals surface area (Å²) in [5, 5.41) is 7.71. The number of rotatable bonds is 5. The van der Waals surface area contributed by atoms with Crippen molar-refractivity contribution in [1.82, 2.24) is 10.7 Å². The van der Waals surface area contributed by atoms with Crippen LogP contribution in [0.5, 0.6) is 0 Å². The number of aliphatic imine (C=N–C) groups is 1. The van der Waals surface area contributed by atoms with Crippen LogP contribution in [0.1, 0.15) is 35.6 Å². The Morgan fingerprint density at radius 1 is 1.22 bits per heavy atom. The lowest BCUT2D eigenvalue weighted by Gasteiger charge is -2.31. The smallest absolute Gasteiger partial charge is 0.362 e. The molecule has 0 aliphatic carbocycles. The van der Waals surface area contributed by atoms with Crippen LogP contribution in [0.3, 0.4) is 0 Å². The van der Waals surface area contributed by atoms with Gasteiger partial charge in [0.15, 0.2) is 5.11 Å². The summed E-state index contributed by atoms with van der Waals surface area (Å²) >= 11 is 17.0. The molecule has 1 aliphatic heterocycles. The average molecular weight is 501 g/mol. The van der Waals surface area contributed by atoms with Gasteiger partial charge in [-0.25, -0.2) is 0 Å². The van der Waals surface area contributed by atoms with Crippen molar-refractivity contribution in [2.75, 3.05) is 13.1 Å². The van der Waals surface area contributed by atoms with E-state index in [1.54, 1.807) is 24.4 Å². The molecule has 0 amide bonds. The van der Waals surface area contributed by atoms with Crippen molar-refractivity contribution in [3.8, 4) is 0 Å². The maximum Gasteiger partial charge on any atom is 0.400 e. The number of thiocarbonyl (C=S) groups is 1. The second-order valence-electron chi connectivity index (χ2n) is 7.48. The molecular formula is C22H21Cl2F3N4S. The van der Waals surface area contributed by atoms with E-state index in [0.717, 1.165) is 11.1 Å². The first-order valence-electron chi connectivity index (χ1n) is 9.80. The highest BCUT2D eigenvalue weighted by Crippen LogP contribution is 2.48. The van der Waals surface area contributed by atoms with Crippen LogP contribution in [-0.2, 0) is 5.41 Å². The van der Waals surface area contributed by atoms with Crippen LogP contribution in [-0.4, -0.2) is 36.3 Å². The van der Waals surface area contributed by atoms with Gasteiger partial charge in [0.1, 0.15) is 5.41 Å². The molecule has 2 aromatic rings. The fourth-order valence-electron chi connectivity index (χ4n) is 3.56. The molecule has 0 spiro atoms. The van der Waals surface area contributed by atoms with Gasteiger partial charge in [0.25, 0.3) is 0 Å². The molecule has 1 unspecified atom stereocenters. The summed E-state index contributed by atoms with van der Waals surface area (Å²) in [4.78, 5) is 4.28. The molecule has 0 saturated heterocycles. The summed E-state index contributed by atoms with van der Waals surface area (Å²) in [6.07, 6.45) is -3.21. The number of aryl methyl sites for hydroxylation is 1. The minimum absolute atomic E-state index is 0.0180. The first-order chi connectivity index (χ1) is 15.1. The summed E-state index contributed by atoms with van der Waals surface area (Å²) in [6.45, 7) is 4.03. The van der Waals surface area contributed by atoms with Crippen LogP contribution >= 0.6 is 35.4 Å². The van der Waals surface area contributed by atoms with Crippen molar-refractivity contribution in [3.05, 3.63) is 68.7 Å². The molecule has 1 aliphatic rings. The molecule has 1 heterocycles. The number of nitrogens with zero attached hydrogens (tertiary/aromatic N) is 2. The minimum Gasteiger partial charge on any atom is -0.362 e. The molecule has 2 N–H and O–H groups in total. The predicted molar refractivity (Wildman–Crippen MR) is 128 cm³/mol. The number of alkyl halides is 3. The second-order valence-corrected chi connectivity index (χ2v) is 8.76. The van der Waals surface area contributed by atoms with Gasteiger partial charge in [-0.2, -0.15) is 18.3 Å². The van der Waals surface area contributed by atoms with Crippen LogP contribution < -0.4 is 10.7 Å². The largest absolute Gasteiger partial charge is 0.400 e. The number of nitrogens with one attached hydrogen (secondary N) is 2. The van der Waals surface area contributed by atoms with Gasteiger partial charge in [-0.15, -0.1) is 0 Å². The Labute approximate surface area is 199 Å². The zero-order valence-electron chi connectivity index (χ0n) is 17.4. The number of hydrazone groups is 1. The fraction of sp³-hybridized carbons (Fsp3) is 0.318. The van der Waals surface area contributed by atoms with Crippen LogP contribution in [0, 0.1) is 6.92 Å². The van der Waals surface area contributed by atoms with Gasteiger partial charge in [-0.1, -0.05) is 35.3 Å². The zero-order valence-corrected chi connectivity index (χ0v) is 19.7. The zero-order chi connectivity index (χ0) is 23.5. The van der Waals surface area contributed by atoms with Crippen LogP contribution in [0.25, 0.3) is 0 Å². The Morgan fingerprint density at radius 2 is 1.91 bits per heavy atom. The maximum atomic E-state index is 14.3. The van der Waals surface area contributed by atoms with Gasteiger partial charge in [0, 0.05) is 28.7 Å².